The van der Waals surface area contributed by atoms with Gasteiger partial charge in [0.05, 0.1) is 0 Å². The third kappa shape index (κ3) is 3.98. The number of hydrogen-bond donors (Lipinski definition) is 2. The molecule has 2 N–H and O–H groups in total. The normalized spacial score (nSPS) is 22.4. The van der Waals surface area contributed by atoms with Gasteiger partial charge in [-0.05, 0) is 36.6 Å². The highest BCUT2D eigenvalue weighted by molar-refractivity contribution is 6.35. The van der Waals surface area contributed by atoms with Crippen LogP contribution in [0.2, 0.25) is 10.0 Å². The predicted molar refractivity (Wildman–Crippen MR) is 81.9 cm³/mol. The Morgan fingerprint density at radius 2 is 2.20 bits per heavy atom. The Kier molecular flexibility index (Phi) is 5.46. The Labute approximate surface area is 128 Å². The summed E-state index contributed by atoms with van der Waals surface area (Å²) in [6, 6.07) is 5.20. The first-order valence-electron chi connectivity index (χ1n) is 6.64. The maximum absolute atomic E-state index is 11.9. The van der Waals surface area contributed by atoms with Crippen molar-refractivity contribution in [3.63, 3.8) is 0 Å². The van der Waals surface area contributed by atoms with Gasteiger partial charge in [0.1, 0.15) is 0 Å². The third-order valence-electron chi connectivity index (χ3n) is 3.60. The van der Waals surface area contributed by atoms with Gasteiger partial charge in [-0.25, -0.2) is 0 Å². The van der Waals surface area contributed by atoms with Gasteiger partial charge in [0, 0.05) is 34.7 Å². The quantitative estimate of drug-likeness (QED) is 0.838. The Bertz CT molecular complexity index is 517. The fraction of sp³-hybridized carbons (Fsp3) is 0.400. The minimum atomic E-state index is -0.165. The zero-order valence-corrected chi connectivity index (χ0v) is 12.5. The second kappa shape index (κ2) is 7.11. The molecule has 0 saturated heterocycles. The van der Waals surface area contributed by atoms with E-state index in [2.05, 4.69) is 5.32 Å². The van der Waals surface area contributed by atoms with E-state index in [1.54, 1.807) is 24.3 Å². The van der Waals surface area contributed by atoms with Crippen LogP contribution in [0.5, 0.6) is 0 Å². The summed E-state index contributed by atoms with van der Waals surface area (Å²) >= 11 is 11.8. The lowest BCUT2D eigenvalue weighted by molar-refractivity contribution is -0.117. The number of carbonyl (C=O) groups is 1. The summed E-state index contributed by atoms with van der Waals surface area (Å²) in [4.78, 5) is 11.9. The van der Waals surface area contributed by atoms with E-state index in [0.717, 1.165) is 24.8 Å². The molecule has 2 atom stereocenters. The summed E-state index contributed by atoms with van der Waals surface area (Å²) < 4.78 is 0. The molecule has 1 saturated carbocycles. The SMILES string of the molecule is O=C(/C=C/c1ccc(Cl)cc1Cl)NC1CCCC1CO. The average molecular weight is 314 g/mol. The van der Waals surface area contributed by atoms with E-state index in [0.29, 0.717) is 10.0 Å². The zero-order chi connectivity index (χ0) is 14.5. The highest BCUT2D eigenvalue weighted by Gasteiger charge is 2.27. The number of rotatable bonds is 4. The van der Waals surface area contributed by atoms with E-state index in [1.807, 2.05) is 0 Å². The van der Waals surface area contributed by atoms with Crippen molar-refractivity contribution >= 4 is 35.2 Å². The molecule has 1 aliphatic carbocycles. The number of aliphatic hydroxyl groups excluding tert-OH is 1. The summed E-state index contributed by atoms with van der Waals surface area (Å²) in [7, 11) is 0. The Balaban J connectivity index is 1.95. The van der Waals surface area contributed by atoms with Gasteiger partial charge in [-0.1, -0.05) is 35.7 Å². The van der Waals surface area contributed by atoms with Crippen LogP contribution in [-0.4, -0.2) is 23.7 Å². The number of aliphatic hydroxyl groups is 1. The van der Waals surface area contributed by atoms with Crippen molar-refractivity contribution < 1.29 is 9.90 Å². The van der Waals surface area contributed by atoms with Crippen LogP contribution in [0.4, 0.5) is 0 Å². The molecular weight excluding hydrogens is 297 g/mol. The number of hydrogen-bond acceptors (Lipinski definition) is 2. The van der Waals surface area contributed by atoms with E-state index < -0.39 is 0 Å². The molecule has 0 radical (unpaired) electrons. The summed E-state index contributed by atoms with van der Waals surface area (Å²) in [5.41, 5.74) is 0.747. The fourth-order valence-corrected chi connectivity index (χ4v) is 2.95. The number of benzene rings is 1. The predicted octanol–water partition coefficient (Wildman–Crippen LogP) is 3.28. The molecule has 0 heterocycles. The number of halogens is 2. The molecule has 1 aromatic rings. The van der Waals surface area contributed by atoms with Gasteiger partial charge in [-0.15, -0.1) is 0 Å². The van der Waals surface area contributed by atoms with E-state index >= 15 is 0 Å². The van der Waals surface area contributed by atoms with E-state index in [9.17, 15) is 9.90 Å². The monoisotopic (exact) mass is 313 g/mol. The van der Waals surface area contributed by atoms with Gasteiger partial charge in [0.2, 0.25) is 5.91 Å². The molecular formula is C15H17Cl2NO2. The summed E-state index contributed by atoms with van der Waals surface area (Å²) in [6.45, 7) is 0.123. The lowest BCUT2D eigenvalue weighted by Crippen LogP contribution is -2.37. The van der Waals surface area contributed by atoms with E-state index in [1.165, 1.54) is 6.08 Å². The summed E-state index contributed by atoms with van der Waals surface area (Å²) in [5.74, 6) is 0.00726. The molecule has 2 rings (SSSR count). The molecule has 2 unspecified atom stereocenters. The van der Waals surface area contributed by atoms with Crippen LogP contribution in [0.25, 0.3) is 6.08 Å². The van der Waals surface area contributed by atoms with Crippen LogP contribution in [0, 0.1) is 5.92 Å². The van der Waals surface area contributed by atoms with Crippen molar-refractivity contribution in [1.82, 2.24) is 5.32 Å². The summed E-state index contributed by atoms with van der Waals surface area (Å²) in [6.07, 6.45) is 6.06. The molecule has 0 spiro atoms. The average Bonchev–Trinajstić information content (AvgIpc) is 2.85. The van der Waals surface area contributed by atoms with E-state index in [-0.39, 0.29) is 24.5 Å². The molecule has 0 aliphatic heterocycles. The van der Waals surface area contributed by atoms with Crippen molar-refractivity contribution in [2.75, 3.05) is 6.61 Å². The van der Waals surface area contributed by atoms with Gasteiger partial charge in [-0.2, -0.15) is 0 Å². The van der Waals surface area contributed by atoms with Crippen LogP contribution >= 0.6 is 23.2 Å². The second-order valence-corrected chi connectivity index (χ2v) is 5.83. The van der Waals surface area contributed by atoms with Gasteiger partial charge in [-0.3, -0.25) is 4.79 Å². The van der Waals surface area contributed by atoms with Gasteiger partial charge in [0.15, 0.2) is 0 Å². The van der Waals surface area contributed by atoms with Crippen LogP contribution in [0.1, 0.15) is 24.8 Å². The zero-order valence-electron chi connectivity index (χ0n) is 11.0. The smallest absolute Gasteiger partial charge is 0.244 e. The second-order valence-electron chi connectivity index (χ2n) is 4.99. The lowest BCUT2D eigenvalue weighted by Gasteiger charge is -2.17. The molecule has 0 bridgehead atoms. The third-order valence-corrected chi connectivity index (χ3v) is 4.16. The topological polar surface area (TPSA) is 49.3 Å². The Hall–Kier alpha value is -1.03. The van der Waals surface area contributed by atoms with Gasteiger partial charge < -0.3 is 10.4 Å². The van der Waals surface area contributed by atoms with Gasteiger partial charge >= 0.3 is 0 Å². The fourth-order valence-electron chi connectivity index (χ4n) is 2.48. The number of amides is 1. The minimum Gasteiger partial charge on any atom is -0.396 e. The molecule has 5 heteroatoms. The Morgan fingerprint density at radius 1 is 1.40 bits per heavy atom. The number of nitrogens with one attached hydrogen (secondary N) is 1. The van der Waals surface area contributed by atoms with Crippen molar-refractivity contribution in [3.8, 4) is 0 Å². The standard InChI is InChI=1S/C15H17Cl2NO2/c16-12-6-4-10(13(17)8-12)5-7-15(20)18-14-3-1-2-11(14)9-19/h4-8,11,14,19H,1-3,9H2,(H,18,20)/b7-5+. The molecule has 0 aromatic heterocycles. The molecule has 3 nitrogen and oxygen atoms in total. The summed E-state index contributed by atoms with van der Waals surface area (Å²) in [5, 5.41) is 13.2. The van der Waals surface area contributed by atoms with Crippen molar-refractivity contribution in [3.05, 3.63) is 39.9 Å². The highest BCUT2D eigenvalue weighted by atomic mass is 35.5. The molecule has 108 valence electrons. The van der Waals surface area contributed by atoms with Crippen LogP contribution in [-0.2, 0) is 4.79 Å². The van der Waals surface area contributed by atoms with Gasteiger partial charge in [0.25, 0.3) is 0 Å². The number of carbonyl (C=O) groups excluding carboxylic acids is 1. The van der Waals surface area contributed by atoms with Crippen molar-refractivity contribution in [1.29, 1.82) is 0 Å². The molecule has 1 aromatic carbocycles. The first-order chi connectivity index (χ1) is 9.60. The minimum absolute atomic E-state index is 0.0674. The highest BCUT2D eigenvalue weighted by Crippen LogP contribution is 2.25. The molecule has 20 heavy (non-hydrogen) atoms. The van der Waals surface area contributed by atoms with E-state index in [4.69, 9.17) is 23.2 Å². The molecule has 1 fully saturated rings. The van der Waals surface area contributed by atoms with Crippen molar-refractivity contribution in [2.45, 2.75) is 25.3 Å². The largest absolute Gasteiger partial charge is 0.396 e. The molecule has 1 amide bonds. The first-order valence-corrected chi connectivity index (χ1v) is 7.40. The Morgan fingerprint density at radius 3 is 2.90 bits per heavy atom. The maximum atomic E-state index is 11.9. The maximum Gasteiger partial charge on any atom is 0.244 e. The van der Waals surface area contributed by atoms with Crippen LogP contribution in [0.15, 0.2) is 24.3 Å². The lowest BCUT2D eigenvalue weighted by atomic mass is 10.1. The first kappa shape index (κ1) is 15.4. The molecule has 1 aliphatic rings. The van der Waals surface area contributed by atoms with Crippen molar-refractivity contribution in [2.24, 2.45) is 5.92 Å². The van der Waals surface area contributed by atoms with Crippen LogP contribution < -0.4 is 5.32 Å². The van der Waals surface area contributed by atoms with Crippen LogP contribution in [0.3, 0.4) is 0 Å².